The molecule has 0 aromatic heterocycles. The number of hydrogen-bond acceptors (Lipinski definition) is 7. The van der Waals surface area contributed by atoms with Gasteiger partial charge in [-0.1, -0.05) is 12.1 Å². The van der Waals surface area contributed by atoms with E-state index in [9.17, 15) is 14.4 Å². The third kappa shape index (κ3) is 4.81. The van der Waals surface area contributed by atoms with E-state index in [1.54, 1.807) is 47.4 Å². The van der Waals surface area contributed by atoms with Crippen LogP contribution in [-0.2, 0) is 14.3 Å². The summed E-state index contributed by atoms with van der Waals surface area (Å²) >= 11 is 0. The molecule has 2 N–H and O–H groups in total. The third-order valence-electron chi connectivity index (χ3n) is 4.69. The van der Waals surface area contributed by atoms with Crippen LogP contribution in [0, 0.1) is 0 Å². The maximum atomic E-state index is 12.8. The first kappa shape index (κ1) is 20.4. The highest BCUT2D eigenvalue weighted by molar-refractivity contribution is 6.40. The van der Waals surface area contributed by atoms with E-state index in [1.165, 1.54) is 6.21 Å². The summed E-state index contributed by atoms with van der Waals surface area (Å²) in [5.41, 5.74) is 3.37. The first-order valence-electron chi connectivity index (χ1n) is 9.62. The number of morpholine rings is 1. The van der Waals surface area contributed by atoms with Gasteiger partial charge in [0.2, 0.25) is 6.79 Å². The van der Waals surface area contributed by atoms with E-state index in [0.717, 1.165) is 0 Å². The Morgan fingerprint density at radius 1 is 0.968 bits per heavy atom. The summed E-state index contributed by atoms with van der Waals surface area (Å²) in [6, 6.07) is 11.7. The van der Waals surface area contributed by atoms with Crippen molar-refractivity contribution < 1.29 is 28.6 Å². The van der Waals surface area contributed by atoms with Crippen molar-refractivity contribution in [1.29, 1.82) is 0 Å². The SMILES string of the molecule is O=C(NN=Cc1ccc2c(c1)OCO2)C(=O)Nc1ccccc1C(=O)N1CCOCC1. The Kier molecular flexibility index (Phi) is 6.08. The van der Waals surface area contributed by atoms with Gasteiger partial charge < -0.3 is 24.4 Å². The number of carbonyl (C=O) groups is 3. The maximum Gasteiger partial charge on any atom is 0.329 e. The van der Waals surface area contributed by atoms with Gasteiger partial charge in [0.25, 0.3) is 5.91 Å². The van der Waals surface area contributed by atoms with Crippen molar-refractivity contribution >= 4 is 29.6 Å². The zero-order valence-corrected chi connectivity index (χ0v) is 16.5. The molecule has 2 aliphatic heterocycles. The summed E-state index contributed by atoms with van der Waals surface area (Å²) in [4.78, 5) is 38.8. The van der Waals surface area contributed by atoms with Gasteiger partial charge in [-0.15, -0.1) is 0 Å². The van der Waals surface area contributed by atoms with Gasteiger partial charge in [-0.05, 0) is 35.9 Å². The fraction of sp³-hybridized carbons (Fsp3) is 0.238. The number of nitrogens with one attached hydrogen (secondary N) is 2. The normalized spacial score (nSPS) is 15.0. The number of ether oxygens (including phenoxy) is 3. The van der Waals surface area contributed by atoms with Crippen LogP contribution in [0.25, 0.3) is 0 Å². The molecule has 2 aliphatic rings. The van der Waals surface area contributed by atoms with Gasteiger partial charge >= 0.3 is 11.8 Å². The van der Waals surface area contributed by atoms with Crippen molar-refractivity contribution in [2.75, 3.05) is 38.4 Å². The topological polar surface area (TPSA) is 119 Å². The average Bonchev–Trinajstić information content (AvgIpc) is 3.27. The molecule has 2 aromatic carbocycles. The molecule has 3 amide bonds. The second-order valence-corrected chi connectivity index (χ2v) is 6.72. The molecule has 0 aliphatic carbocycles. The van der Waals surface area contributed by atoms with Crippen molar-refractivity contribution in [2.24, 2.45) is 5.10 Å². The molecule has 10 nitrogen and oxygen atoms in total. The Hall–Kier alpha value is -3.92. The summed E-state index contributed by atoms with van der Waals surface area (Å²) in [6.45, 7) is 2.02. The number of amides is 3. The first-order chi connectivity index (χ1) is 15.1. The number of hydrogen-bond donors (Lipinski definition) is 2. The molecule has 10 heteroatoms. The molecular weight excluding hydrogens is 404 g/mol. The number of nitrogens with zero attached hydrogens (tertiary/aromatic N) is 2. The summed E-state index contributed by atoms with van der Waals surface area (Å²) in [5.74, 6) is -0.934. The minimum absolute atomic E-state index is 0.155. The second kappa shape index (κ2) is 9.26. The molecule has 0 bridgehead atoms. The molecule has 1 fully saturated rings. The van der Waals surface area contributed by atoms with Crippen LogP contribution in [0.2, 0.25) is 0 Å². The van der Waals surface area contributed by atoms with Crippen molar-refractivity contribution in [3.8, 4) is 11.5 Å². The predicted molar refractivity (Wildman–Crippen MR) is 110 cm³/mol. The number of carbonyl (C=O) groups excluding carboxylic acids is 3. The van der Waals surface area contributed by atoms with Crippen LogP contribution < -0.4 is 20.2 Å². The van der Waals surface area contributed by atoms with Crippen LogP contribution in [0.1, 0.15) is 15.9 Å². The molecule has 4 rings (SSSR count). The quantitative estimate of drug-likeness (QED) is 0.429. The number of hydrazone groups is 1. The van der Waals surface area contributed by atoms with Crippen LogP contribution in [0.3, 0.4) is 0 Å². The van der Waals surface area contributed by atoms with E-state index >= 15 is 0 Å². The summed E-state index contributed by atoms with van der Waals surface area (Å²) in [6.07, 6.45) is 1.38. The van der Waals surface area contributed by atoms with Gasteiger partial charge in [-0.3, -0.25) is 14.4 Å². The van der Waals surface area contributed by atoms with E-state index in [2.05, 4.69) is 15.8 Å². The van der Waals surface area contributed by atoms with Crippen molar-refractivity contribution in [3.05, 3.63) is 53.6 Å². The number of fused-ring (bicyclic) bond motifs is 1. The largest absolute Gasteiger partial charge is 0.454 e. The number of anilines is 1. The smallest absolute Gasteiger partial charge is 0.329 e. The zero-order valence-electron chi connectivity index (χ0n) is 16.5. The Morgan fingerprint density at radius 2 is 1.74 bits per heavy atom. The lowest BCUT2D eigenvalue weighted by molar-refractivity contribution is -0.136. The lowest BCUT2D eigenvalue weighted by atomic mass is 10.1. The lowest BCUT2D eigenvalue weighted by Crippen LogP contribution is -2.41. The first-order valence-corrected chi connectivity index (χ1v) is 9.62. The molecule has 0 atom stereocenters. The minimum Gasteiger partial charge on any atom is -0.454 e. The van der Waals surface area contributed by atoms with E-state index in [0.29, 0.717) is 48.9 Å². The van der Waals surface area contributed by atoms with E-state index < -0.39 is 11.8 Å². The predicted octanol–water partition coefficient (Wildman–Crippen LogP) is 0.976. The minimum atomic E-state index is -0.967. The highest BCUT2D eigenvalue weighted by Gasteiger charge is 2.23. The standard InChI is InChI=1S/C21H20N4O6/c26-19(20(27)24-22-12-14-5-6-17-18(11-14)31-13-30-17)23-16-4-2-1-3-15(16)21(28)25-7-9-29-10-8-25/h1-6,11-12H,7-10,13H2,(H,23,26)(H,24,27). The number of para-hydroxylation sites is 1. The van der Waals surface area contributed by atoms with Gasteiger partial charge in [0, 0.05) is 13.1 Å². The molecule has 1 saturated heterocycles. The Morgan fingerprint density at radius 3 is 2.58 bits per heavy atom. The number of benzene rings is 2. The molecule has 0 radical (unpaired) electrons. The number of rotatable bonds is 4. The molecule has 0 spiro atoms. The van der Waals surface area contributed by atoms with Gasteiger partial charge in [-0.25, -0.2) is 5.43 Å². The van der Waals surface area contributed by atoms with Crippen molar-refractivity contribution in [1.82, 2.24) is 10.3 Å². The van der Waals surface area contributed by atoms with Gasteiger partial charge in [0.05, 0.1) is 30.7 Å². The Bertz CT molecular complexity index is 1030. The summed E-state index contributed by atoms with van der Waals surface area (Å²) in [5, 5.41) is 6.26. The lowest BCUT2D eigenvalue weighted by Gasteiger charge is -2.27. The molecule has 0 unspecified atom stereocenters. The second-order valence-electron chi connectivity index (χ2n) is 6.72. The van der Waals surface area contributed by atoms with E-state index in [4.69, 9.17) is 14.2 Å². The van der Waals surface area contributed by atoms with Gasteiger partial charge in [0.1, 0.15) is 0 Å². The van der Waals surface area contributed by atoms with E-state index in [-0.39, 0.29) is 18.4 Å². The fourth-order valence-electron chi connectivity index (χ4n) is 3.10. The van der Waals surface area contributed by atoms with Gasteiger partial charge in [-0.2, -0.15) is 5.10 Å². The summed E-state index contributed by atoms with van der Waals surface area (Å²) < 4.78 is 15.8. The molecule has 0 saturated carbocycles. The molecule has 2 heterocycles. The van der Waals surface area contributed by atoms with Crippen molar-refractivity contribution in [2.45, 2.75) is 0 Å². The van der Waals surface area contributed by atoms with Crippen molar-refractivity contribution in [3.63, 3.8) is 0 Å². The monoisotopic (exact) mass is 424 g/mol. The van der Waals surface area contributed by atoms with Crippen LogP contribution in [0.4, 0.5) is 5.69 Å². The van der Waals surface area contributed by atoms with Crippen LogP contribution in [-0.4, -0.2) is 61.9 Å². The Balaban J connectivity index is 1.37. The van der Waals surface area contributed by atoms with Crippen LogP contribution >= 0.6 is 0 Å². The molecular formula is C21H20N4O6. The zero-order chi connectivity index (χ0) is 21.6. The van der Waals surface area contributed by atoms with E-state index in [1.807, 2.05) is 0 Å². The fourth-order valence-corrected chi connectivity index (χ4v) is 3.10. The third-order valence-corrected chi connectivity index (χ3v) is 4.69. The Labute approximate surface area is 177 Å². The maximum absolute atomic E-state index is 12.8. The molecule has 31 heavy (non-hydrogen) atoms. The molecule has 160 valence electrons. The average molecular weight is 424 g/mol. The molecule has 2 aromatic rings. The summed E-state index contributed by atoms with van der Waals surface area (Å²) in [7, 11) is 0. The van der Waals surface area contributed by atoms with Gasteiger partial charge in [0.15, 0.2) is 11.5 Å². The highest BCUT2D eigenvalue weighted by Crippen LogP contribution is 2.31. The van der Waals surface area contributed by atoms with Crippen LogP contribution in [0.5, 0.6) is 11.5 Å². The van der Waals surface area contributed by atoms with Crippen LogP contribution in [0.15, 0.2) is 47.6 Å². The highest BCUT2D eigenvalue weighted by atomic mass is 16.7.